The molecular formula is C18H20N2O3. The molecule has 23 heavy (non-hydrogen) atoms. The van der Waals surface area contributed by atoms with E-state index in [1.54, 1.807) is 17.0 Å². The standard InChI is InChI=1S/C18H20N2O3/c21-16(20-9-6-18(7-10-20)5-8-19-12-18)14-11-13-3-1-2-4-15(13)23-17(14)22/h1-4,11,19H,5-10,12H2. The van der Waals surface area contributed by atoms with Crippen molar-refractivity contribution in [3.8, 4) is 0 Å². The van der Waals surface area contributed by atoms with Crippen LogP contribution in [0.3, 0.4) is 0 Å². The van der Waals surface area contributed by atoms with E-state index in [1.807, 2.05) is 18.2 Å². The van der Waals surface area contributed by atoms with Crippen molar-refractivity contribution in [2.24, 2.45) is 5.41 Å². The number of nitrogens with zero attached hydrogens (tertiary/aromatic N) is 1. The van der Waals surface area contributed by atoms with E-state index >= 15 is 0 Å². The van der Waals surface area contributed by atoms with Crippen LogP contribution in [0, 0.1) is 5.41 Å². The van der Waals surface area contributed by atoms with Gasteiger partial charge in [0.1, 0.15) is 11.1 Å². The highest BCUT2D eigenvalue weighted by molar-refractivity contribution is 5.96. The van der Waals surface area contributed by atoms with E-state index < -0.39 is 5.63 Å². The van der Waals surface area contributed by atoms with E-state index in [1.165, 1.54) is 6.42 Å². The lowest BCUT2D eigenvalue weighted by atomic mass is 9.78. The number of fused-ring (bicyclic) bond motifs is 1. The van der Waals surface area contributed by atoms with Crippen LogP contribution in [0.1, 0.15) is 29.6 Å². The minimum atomic E-state index is -0.545. The first-order chi connectivity index (χ1) is 11.2. The normalized spacial score (nSPS) is 20.3. The van der Waals surface area contributed by atoms with Gasteiger partial charge < -0.3 is 14.6 Å². The summed E-state index contributed by atoms with van der Waals surface area (Å²) >= 11 is 0. The molecule has 2 aliphatic rings. The smallest absolute Gasteiger partial charge is 0.349 e. The van der Waals surface area contributed by atoms with Crippen molar-refractivity contribution in [2.75, 3.05) is 26.2 Å². The fraction of sp³-hybridized carbons (Fsp3) is 0.444. The number of benzene rings is 1. The third-order valence-electron chi connectivity index (χ3n) is 5.32. The number of hydrogen-bond donors (Lipinski definition) is 1. The molecule has 5 nitrogen and oxygen atoms in total. The number of carbonyl (C=O) groups is 1. The lowest BCUT2D eigenvalue weighted by molar-refractivity contribution is 0.0604. The molecule has 2 fully saturated rings. The zero-order chi connectivity index (χ0) is 15.9. The summed E-state index contributed by atoms with van der Waals surface area (Å²) in [4.78, 5) is 26.7. The second-order valence-corrected chi connectivity index (χ2v) is 6.70. The summed E-state index contributed by atoms with van der Waals surface area (Å²) in [5.41, 5.74) is 0.467. The summed E-state index contributed by atoms with van der Waals surface area (Å²) in [6.45, 7) is 3.55. The van der Waals surface area contributed by atoms with Gasteiger partial charge in [-0.2, -0.15) is 0 Å². The van der Waals surface area contributed by atoms with Crippen LogP contribution in [-0.4, -0.2) is 37.0 Å². The summed E-state index contributed by atoms with van der Waals surface area (Å²) in [5, 5.41) is 4.20. The fourth-order valence-corrected chi connectivity index (χ4v) is 3.79. The first-order valence-electron chi connectivity index (χ1n) is 8.20. The molecule has 3 heterocycles. The van der Waals surface area contributed by atoms with E-state index in [4.69, 9.17) is 4.42 Å². The molecule has 1 N–H and O–H groups in total. The van der Waals surface area contributed by atoms with Gasteiger partial charge in [0.25, 0.3) is 5.91 Å². The maximum atomic E-state index is 12.7. The Hall–Kier alpha value is -2.14. The van der Waals surface area contributed by atoms with Crippen molar-refractivity contribution < 1.29 is 9.21 Å². The van der Waals surface area contributed by atoms with Crippen LogP contribution in [0.2, 0.25) is 0 Å². The molecule has 2 saturated heterocycles. The summed E-state index contributed by atoms with van der Waals surface area (Å²) < 4.78 is 5.28. The summed E-state index contributed by atoms with van der Waals surface area (Å²) in [5.74, 6) is -0.203. The highest BCUT2D eigenvalue weighted by atomic mass is 16.4. The van der Waals surface area contributed by atoms with Gasteiger partial charge in [0.05, 0.1) is 0 Å². The number of carbonyl (C=O) groups excluding carboxylic acids is 1. The van der Waals surface area contributed by atoms with E-state index in [2.05, 4.69) is 5.32 Å². The van der Waals surface area contributed by atoms with Gasteiger partial charge in [0, 0.05) is 25.0 Å². The van der Waals surface area contributed by atoms with Crippen molar-refractivity contribution in [2.45, 2.75) is 19.3 Å². The van der Waals surface area contributed by atoms with Crippen molar-refractivity contribution in [3.63, 3.8) is 0 Å². The van der Waals surface area contributed by atoms with Crippen LogP contribution in [0.15, 0.2) is 39.5 Å². The average Bonchev–Trinajstić information content (AvgIpc) is 3.02. The van der Waals surface area contributed by atoms with Crippen LogP contribution in [0.25, 0.3) is 11.0 Å². The molecule has 2 aliphatic heterocycles. The molecule has 1 spiro atoms. The monoisotopic (exact) mass is 312 g/mol. The summed E-state index contributed by atoms with van der Waals surface area (Å²) in [6, 6.07) is 8.93. The third kappa shape index (κ3) is 2.55. The van der Waals surface area contributed by atoms with E-state index in [0.29, 0.717) is 24.1 Å². The lowest BCUT2D eigenvalue weighted by Crippen LogP contribution is -2.45. The molecule has 1 amide bonds. The number of piperidine rings is 1. The molecule has 1 aromatic carbocycles. The van der Waals surface area contributed by atoms with Gasteiger partial charge in [-0.1, -0.05) is 18.2 Å². The molecular weight excluding hydrogens is 292 g/mol. The molecule has 2 aromatic rings. The summed E-state index contributed by atoms with van der Waals surface area (Å²) in [6.07, 6.45) is 3.20. The highest BCUT2D eigenvalue weighted by Gasteiger charge is 2.38. The minimum Gasteiger partial charge on any atom is -0.422 e. The van der Waals surface area contributed by atoms with E-state index in [-0.39, 0.29) is 11.5 Å². The van der Waals surface area contributed by atoms with Gasteiger partial charge in [-0.15, -0.1) is 0 Å². The number of hydrogen-bond acceptors (Lipinski definition) is 4. The van der Waals surface area contributed by atoms with Crippen LogP contribution < -0.4 is 10.9 Å². The van der Waals surface area contributed by atoms with Crippen LogP contribution in [-0.2, 0) is 0 Å². The highest BCUT2D eigenvalue weighted by Crippen LogP contribution is 2.37. The Labute approximate surface area is 134 Å². The first kappa shape index (κ1) is 14.5. The van der Waals surface area contributed by atoms with Gasteiger partial charge in [-0.25, -0.2) is 4.79 Å². The number of nitrogens with one attached hydrogen (secondary N) is 1. The van der Waals surface area contributed by atoms with E-state index in [0.717, 1.165) is 31.3 Å². The Balaban J connectivity index is 1.57. The molecule has 5 heteroatoms. The van der Waals surface area contributed by atoms with Crippen molar-refractivity contribution in [1.82, 2.24) is 10.2 Å². The quantitative estimate of drug-likeness (QED) is 0.818. The number of para-hydroxylation sites is 1. The maximum absolute atomic E-state index is 12.7. The maximum Gasteiger partial charge on any atom is 0.349 e. The van der Waals surface area contributed by atoms with Crippen molar-refractivity contribution in [3.05, 3.63) is 46.3 Å². The van der Waals surface area contributed by atoms with Gasteiger partial charge in [-0.3, -0.25) is 4.79 Å². The second kappa shape index (κ2) is 5.49. The molecule has 0 bridgehead atoms. The van der Waals surface area contributed by atoms with Gasteiger partial charge >= 0.3 is 5.63 Å². The van der Waals surface area contributed by atoms with Gasteiger partial charge in [-0.05, 0) is 43.4 Å². The first-order valence-corrected chi connectivity index (χ1v) is 8.20. The Kier molecular flexibility index (Phi) is 3.45. The number of amides is 1. The molecule has 0 unspecified atom stereocenters. The van der Waals surface area contributed by atoms with Crippen molar-refractivity contribution >= 4 is 16.9 Å². The Morgan fingerprint density at radius 1 is 1.17 bits per heavy atom. The van der Waals surface area contributed by atoms with E-state index in [9.17, 15) is 9.59 Å². The van der Waals surface area contributed by atoms with Gasteiger partial charge in [0.15, 0.2) is 0 Å². The van der Waals surface area contributed by atoms with Gasteiger partial charge in [0.2, 0.25) is 0 Å². The molecule has 0 aliphatic carbocycles. The lowest BCUT2D eigenvalue weighted by Gasteiger charge is -2.38. The molecule has 1 aromatic heterocycles. The number of rotatable bonds is 1. The minimum absolute atomic E-state index is 0.143. The van der Waals surface area contributed by atoms with Crippen molar-refractivity contribution in [1.29, 1.82) is 0 Å². The SMILES string of the molecule is O=C(c1cc2ccccc2oc1=O)N1CCC2(CCNC2)CC1. The van der Waals surface area contributed by atoms with Crippen LogP contribution in [0.5, 0.6) is 0 Å². The van der Waals surface area contributed by atoms with Crippen LogP contribution >= 0.6 is 0 Å². The topological polar surface area (TPSA) is 62.6 Å². The molecule has 120 valence electrons. The molecule has 0 saturated carbocycles. The molecule has 0 radical (unpaired) electrons. The Morgan fingerprint density at radius 3 is 2.70 bits per heavy atom. The zero-order valence-corrected chi connectivity index (χ0v) is 13.0. The Bertz CT molecular complexity index is 795. The van der Waals surface area contributed by atoms with Crippen LogP contribution in [0.4, 0.5) is 0 Å². The predicted octanol–water partition coefficient (Wildman–Crippen LogP) is 2.01. The molecule has 4 rings (SSSR count). The molecule has 0 atom stereocenters. The number of likely N-dealkylation sites (tertiary alicyclic amines) is 1. The summed E-state index contributed by atoms with van der Waals surface area (Å²) in [7, 11) is 0. The second-order valence-electron chi connectivity index (χ2n) is 6.70. The fourth-order valence-electron chi connectivity index (χ4n) is 3.79. The zero-order valence-electron chi connectivity index (χ0n) is 13.0. The third-order valence-corrected chi connectivity index (χ3v) is 5.32. The predicted molar refractivity (Wildman–Crippen MR) is 87.5 cm³/mol. The largest absolute Gasteiger partial charge is 0.422 e. The Morgan fingerprint density at radius 2 is 1.96 bits per heavy atom. The average molecular weight is 312 g/mol.